The van der Waals surface area contributed by atoms with Crippen LogP contribution in [0.25, 0.3) is 5.70 Å². The van der Waals surface area contributed by atoms with Crippen molar-refractivity contribution in [1.29, 1.82) is 0 Å². The first-order valence-corrected chi connectivity index (χ1v) is 5.06. The standard InChI is InChI=1S/C12H8N4O/c13-12(17)8-4-2-1-3-7(8)11-9-5-14-6-10(9)15-16-11/h1-6H,(H2,13,17). The largest absolute Gasteiger partial charge is 0.366 e. The molecule has 2 heterocycles. The summed E-state index contributed by atoms with van der Waals surface area (Å²) < 4.78 is 0. The number of nitrogens with two attached hydrogens (primary N) is 1. The van der Waals surface area contributed by atoms with Crippen molar-refractivity contribution >= 4 is 17.8 Å². The van der Waals surface area contributed by atoms with Crippen LogP contribution in [0.4, 0.5) is 0 Å². The van der Waals surface area contributed by atoms with E-state index >= 15 is 0 Å². The molecule has 0 saturated heterocycles. The van der Waals surface area contributed by atoms with Crippen molar-refractivity contribution in [3.05, 3.63) is 52.9 Å². The topological polar surface area (TPSA) is 80.2 Å². The highest BCUT2D eigenvalue weighted by atomic mass is 16.1. The minimum Gasteiger partial charge on any atom is -0.366 e. The van der Waals surface area contributed by atoms with Gasteiger partial charge in [-0.05, 0) is 6.07 Å². The normalized spacial score (nSPS) is 16.4. The Morgan fingerprint density at radius 2 is 2.00 bits per heavy atom. The van der Waals surface area contributed by atoms with Crippen molar-refractivity contribution in [3.63, 3.8) is 0 Å². The molecule has 0 unspecified atom stereocenters. The maximum atomic E-state index is 11.3. The molecule has 0 aliphatic carbocycles. The van der Waals surface area contributed by atoms with E-state index < -0.39 is 5.91 Å². The van der Waals surface area contributed by atoms with E-state index in [0.29, 0.717) is 16.8 Å². The molecule has 2 aliphatic rings. The molecule has 5 heteroatoms. The van der Waals surface area contributed by atoms with E-state index in [9.17, 15) is 4.79 Å². The zero-order valence-corrected chi connectivity index (χ0v) is 8.79. The van der Waals surface area contributed by atoms with E-state index in [0.717, 1.165) is 11.3 Å². The van der Waals surface area contributed by atoms with Crippen LogP contribution in [-0.4, -0.2) is 12.1 Å². The summed E-state index contributed by atoms with van der Waals surface area (Å²) >= 11 is 0. The summed E-state index contributed by atoms with van der Waals surface area (Å²) in [7, 11) is 0. The third-order valence-corrected chi connectivity index (χ3v) is 2.64. The number of allylic oxidation sites excluding steroid dienone is 1. The molecule has 2 aliphatic heterocycles. The molecule has 17 heavy (non-hydrogen) atoms. The minimum absolute atomic E-state index is 0.440. The zero-order chi connectivity index (χ0) is 11.8. The third kappa shape index (κ3) is 1.40. The van der Waals surface area contributed by atoms with Gasteiger partial charge in [-0.3, -0.25) is 9.79 Å². The Morgan fingerprint density at radius 3 is 2.82 bits per heavy atom. The van der Waals surface area contributed by atoms with Crippen LogP contribution < -0.4 is 5.73 Å². The molecule has 82 valence electrons. The maximum absolute atomic E-state index is 11.3. The molecule has 0 aromatic heterocycles. The average molecular weight is 224 g/mol. The molecule has 3 rings (SSSR count). The Hall–Kier alpha value is -2.56. The Balaban J connectivity index is 2.22. The lowest BCUT2D eigenvalue weighted by molar-refractivity contribution is 0.1000. The summed E-state index contributed by atoms with van der Waals surface area (Å²) in [5.41, 5.74) is 8.67. The number of azo groups is 1. The summed E-state index contributed by atoms with van der Waals surface area (Å²) in [5, 5.41) is 8.06. The molecule has 1 aromatic carbocycles. The highest BCUT2D eigenvalue weighted by molar-refractivity contribution is 6.04. The molecule has 2 N–H and O–H groups in total. The number of aliphatic imine (C=N–C) groups is 1. The number of benzene rings is 1. The van der Waals surface area contributed by atoms with Gasteiger partial charge in [-0.25, -0.2) is 0 Å². The van der Waals surface area contributed by atoms with Gasteiger partial charge in [0.2, 0.25) is 5.91 Å². The molecular formula is C12H8N4O. The SMILES string of the molecule is NC(=O)c1ccccc1C1=C2C=NC=C2N=N1. The lowest BCUT2D eigenvalue weighted by Gasteiger charge is -2.04. The van der Waals surface area contributed by atoms with Crippen LogP contribution in [-0.2, 0) is 0 Å². The molecule has 1 aromatic rings. The highest BCUT2D eigenvalue weighted by Crippen LogP contribution is 2.34. The second-order valence-electron chi connectivity index (χ2n) is 3.66. The Labute approximate surface area is 97.1 Å². The molecule has 0 bridgehead atoms. The molecule has 0 atom stereocenters. The lowest BCUT2D eigenvalue weighted by Crippen LogP contribution is -2.13. The van der Waals surface area contributed by atoms with Crippen LogP contribution in [0.15, 0.2) is 57.0 Å². The van der Waals surface area contributed by atoms with Gasteiger partial charge >= 0.3 is 0 Å². The molecule has 0 saturated carbocycles. The quantitative estimate of drug-likeness (QED) is 0.817. The predicted molar refractivity (Wildman–Crippen MR) is 63.3 cm³/mol. The monoisotopic (exact) mass is 224 g/mol. The molecule has 0 fully saturated rings. The van der Waals surface area contributed by atoms with Gasteiger partial charge < -0.3 is 5.73 Å². The van der Waals surface area contributed by atoms with E-state index in [2.05, 4.69) is 15.2 Å². The van der Waals surface area contributed by atoms with Crippen LogP contribution in [0.3, 0.4) is 0 Å². The second kappa shape index (κ2) is 3.48. The number of hydrogen-bond donors (Lipinski definition) is 1. The van der Waals surface area contributed by atoms with E-state index in [1.54, 1.807) is 30.6 Å². The minimum atomic E-state index is -0.476. The van der Waals surface area contributed by atoms with E-state index in [4.69, 9.17) is 5.73 Å². The van der Waals surface area contributed by atoms with Crippen molar-refractivity contribution in [2.45, 2.75) is 0 Å². The summed E-state index contributed by atoms with van der Waals surface area (Å²) in [5.74, 6) is -0.476. The predicted octanol–water partition coefficient (Wildman–Crippen LogP) is 1.89. The summed E-state index contributed by atoms with van der Waals surface area (Å²) in [6, 6.07) is 7.07. The van der Waals surface area contributed by atoms with Crippen LogP contribution in [0.2, 0.25) is 0 Å². The summed E-state index contributed by atoms with van der Waals surface area (Å²) in [4.78, 5) is 15.4. The average Bonchev–Trinajstić information content (AvgIpc) is 2.90. The summed E-state index contributed by atoms with van der Waals surface area (Å²) in [6.45, 7) is 0. The van der Waals surface area contributed by atoms with E-state index in [-0.39, 0.29) is 0 Å². The molecular weight excluding hydrogens is 216 g/mol. The number of primary amides is 1. The first kappa shape index (κ1) is 9.65. The number of carbonyl (C=O) groups excluding carboxylic acids is 1. The second-order valence-corrected chi connectivity index (χ2v) is 3.66. The van der Waals surface area contributed by atoms with Gasteiger partial charge in [0.05, 0.1) is 11.8 Å². The van der Waals surface area contributed by atoms with Gasteiger partial charge in [0.15, 0.2) is 0 Å². The number of rotatable bonds is 2. The van der Waals surface area contributed by atoms with Crippen LogP contribution in [0.1, 0.15) is 15.9 Å². The maximum Gasteiger partial charge on any atom is 0.249 e. The van der Waals surface area contributed by atoms with Gasteiger partial charge in [-0.15, -0.1) is 10.2 Å². The molecule has 0 radical (unpaired) electrons. The number of amides is 1. The van der Waals surface area contributed by atoms with Gasteiger partial charge in [0, 0.05) is 17.3 Å². The fourth-order valence-corrected chi connectivity index (χ4v) is 1.84. The first-order valence-electron chi connectivity index (χ1n) is 5.06. The summed E-state index contributed by atoms with van der Waals surface area (Å²) in [6.07, 6.45) is 3.32. The Bertz CT molecular complexity index is 638. The van der Waals surface area contributed by atoms with Crippen LogP contribution in [0, 0.1) is 0 Å². The fourth-order valence-electron chi connectivity index (χ4n) is 1.84. The van der Waals surface area contributed by atoms with Gasteiger partial charge in [-0.1, -0.05) is 18.2 Å². The number of fused-ring (bicyclic) bond motifs is 1. The number of carbonyl (C=O) groups is 1. The van der Waals surface area contributed by atoms with Gasteiger partial charge in [-0.2, -0.15) is 0 Å². The first-order chi connectivity index (χ1) is 8.27. The smallest absolute Gasteiger partial charge is 0.249 e. The van der Waals surface area contributed by atoms with Crippen molar-refractivity contribution in [2.24, 2.45) is 21.0 Å². The lowest BCUT2D eigenvalue weighted by atomic mass is 10.0. The van der Waals surface area contributed by atoms with Crippen LogP contribution in [0.5, 0.6) is 0 Å². The highest BCUT2D eigenvalue weighted by Gasteiger charge is 2.23. The Morgan fingerprint density at radius 1 is 1.18 bits per heavy atom. The van der Waals surface area contributed by atoms with Crippen molar-refractivity contribution in [2.75, 3.05) is 0 Å². The van der Waals surface area contributed by atoms with Gasteiger partial charge in [0.1, 0.15) is 11.4 Å². The van der Waals surface area contributed by atoms with Gasteiger partial charge in [0.25, 0.3) is 0 Å². The van der Waals surface area contributed by atoms with Crippen molar-refractivity contribution < 1.29 is 4.79 Å². The zero-order valence-electron chi connectivity index (χ0n) is 8.79. The number of hydrogen-bond acceptors (Lipinski definition) is 4. The molecule has 0 spiro atoms. The molecule has 5 nitrogen and oxygen atoms in total. The van der Waals surface area contributed by atoms with Crippen molar-refractivity contribution in [3.8, 4) is 0 Å². The third-order valence-electron chi connectivity index (χ3n) is 2.64. The van der Waals surface area contributed by atoms with Crippen molar-refractivity contribution in [1.82, 2.24) is 0 Å². The van der Waals surface area contributed by atoms with E-state index in [1.807, 2.05) is 6.07 Å². The van der Waals surface area contributed by atoms with E-state index in [1.165, 1.54) is 0 Å². The Kier molecular flexibility index (Phi) is 1.98. The fraction of sp³-hybridized carbons (Fsp3) is 0. The number of nitrogens with zero attached hydrogens (tertiary/aromatic N) is 3. The molecule has 1 amide bonds. The van der Waals surface area contributed by atoms with Crippen LogP contribution >= 0.6 is 0 Å².